The second-order valence-electron chi connectivity index (χ2n) is 3.97. The van der Waals surface area contributed by atoms with Crippen LogP contribution in [0.3, 0.4) is 0 Å². The standard InChI is InChI=1S/C12H14ClF4N3/c1-18-11(19-5-4-12(15,16)17)20-7-8-2-3-10(14)9(13)6-8/h2-3,6H,4-5,7H2,1H3,(H2,18,19,20). The first kappa shape index (κ1) is 16.6. The number of rotatable bonds is 4. The van der Waals surface area contributed by atoms with Crippen molar-refractivity contribution in [2.45, 2.75) is 19.1 Å². The lowest BCUT2D eigenvalue weighted by Gasteiger charge is -2.13. The lowest BCUT2D eigenvalue weighted by Crippen LogP contribution is -2.38. The molecule has 0 spiro atoms. The zero-order valence-corrected chi connectivity index (χ0v) is 11.4. The van der Waals surface area contributed by atoms with Crippen LogP contribution >= 0.6 is 11.6 Å². The Hall–Kier alpha value is -1.50. The molecule has 0 amide bonds. The fourth-order valence-electron chi connectivity index (χ4n) is 1.38. The molecule has 20 heavy (non-hydrogen) atoms. The Balaban J connectivity index is 2.43. The van der Waals surface area contributed by atoms with E-state index in [9.17, 15) is 17.6 Å². The van der Waals surface area contributed by atoms with Gasteiger partial charge in [0.2, 0.25) is 0 Å². The third-order valence-corrected chi connectivity index (χ3v) is 2.66. The summed E-state index contributed by atoms with van der Waals surface area (Å²) in [5.41, 5.74) is 0.690. The number of benzene rings is 1. The third kappa shape index (κ3) is 6.10. The quantitative estimate of drug-likeness (QED) is 0.509. The highest BCUT2D eigenvalue weighted by molar-refractivity contribution is 6.30. The van der Waals surface area contributed by atoms with Crippen LogP contribution in [0.25, 0.3) is 0 Å². The third-order valence-electron chi connectivity index (χ3n) is 2.37. The molecular weight excluding hydrogens is 298 g/mol. The monoisotopic (exact) mass is 311 g/mol. The zero-order valence-electron chi connectivity index (χ0n) is 10.7. The van der Waals surface area contributed by atoms with Crippen LogP contribution in [0.5, 0.6) is 0 Å². The van der Waals surface area contributed by atoms with E-state index in [2.05, 4.69) is 15.6 Å². The van der Waals surface area contributed by atoms with E-state index in [0.717, 1.165) is 0 Å². The number of guanidine groups is 1. The van der Waals surface area contributed by atoms with Gasteiger partial charge in [-0.05, 0) is 17.7 Å². The van der Waals surface area contributed by atoms with Crippen molar-refractivity contribution in [2.24, 2.45) is 4.99 Å². The molecule has 0 heterocycles. The molecule has 1 aromatic carbocycles. The number of hydrogen-bond donors (Lipinski definition) is 2. The first-order valence-corrected chi connectivity index (χ1v) is 6.15. The van der Waals surface area contributed by atoms with Crippen LogP contribution in [0.1, 0.15) is 12.0 Å². The van der Waals surface area contributed by atoms with Crippen molar-refractivity contribution in [1.29, 1.82) is 0 Å². The van der Waals surface area contributed by atoms with Gasteiger partial charge in [0.05, 0.1) is 11.4 Å². The van der Waals surface area contributed by atoms with Gasteiger partial charge in [-0.15, -0.1) is 0 Å². The Bertz CT molecular complexity index is 474. The molecule has 0 aliphatic carbocycles. The number of aliphatic imine (C=N–C) groups is 1. The van der Waals surface area contributed by atoms with Crippen molar-refractivity contribution in [2.75, 3.05) is 13.6 Å². The molecule has 2 N–H and O–H groups in total. The van der Waals surface area contributed by atoms with Crippen molar-refractivity contribution in [3.8, 4) is 0 Å². The van der Waals surface area contributed by atoms with Crippen LogP contribution in [0.4, 0.5) is 17.6 Å². The van der Waals surface area contributed by atoms with Gasteiger partial charge in [0, 0.05) is 20.1 Å². The van der Waals surface area contributed by atoms with Crippen molar-refractivity contribution >= 4 is 17.6 Å². The van der Waals surface area contributed by atoms with E-state index >= 15 is 0 Å². The normalized spacial score (nSPS) is 12.4. The van der Waals surface area contributed by atoms with E-state index in [0.29, 0.717) is 5.56 Å². The first-order chi connectivity index (χ1) is 9.31. The van der Waals surface area contributed by atoms with Crippen LogP contribution in [-0.2, 0) is 6.54 Å². The lowest BCUT2D eigenvalue weighted by atomic mass is 10.2. The maximum atomic E-state index is 12.9. The van der Waals surface area contributed by atoms with Crippen molar-refractivity contribution in [3.63, 3.8) is 0 Å². The predicted molar refractivity (Wildman–Crippen MR) is 70.3 cm³/mol. The van der Waals surface area contributed by atoms with E-state index < -0.39 is 18.4 Å². The molecule has 0 saturated carbocycles. The number of halogens is 5. The van der Waals surface area contributed by atoms with Gasteiger partial charge in [-0.1, -0.05) is 17.7 Å². The molecule has 0 unspecified atom stereocenters. The van der Waals surface area contributed by atoms with Crippen LogP contribution in [-0.4, -0.2) is 25.7 Å². The van der Waals surface area contributed by atoms with E-state index in [4.69, 9.17) is 11.6 Å². The average Bonchev–Trinajstić information content (AvgIpc) is 2.36. The second-order valence-corrected chi connectivity index (χ2v) is 4.37. The number of nitrogens with zero attached hydrogens (tertiary/aromatic N) is 1. The molecular formula is C12H14ClF4N3. The van der Waals surface area contributed by atoms with E-state index in [-0.39, 0.29) is 24.1 Å². The Labute approximate surface area is 119 Å². The van der Waals surface area contributed by atoms with E-state index in [1.54, 1.807) is 0 Å². The fraction of sp³-hybridized carbons (Fsp3) is 0.417. The summed E-state index contributed by atoms with van der Waals surface area (Å²) in [5, 5.41) is 5.33. The molecule has 0 aliphatic heterocycles. The number of alkyl halides is 3. The summed E-state index contributed by atoms with van der Waals surface area (Å²) in [4.78, 5) is 3.78. The largest absolute Gasteiger partial charge is 0.390 e. The van der Waals surface area contributed by atoms with Gasteiger partial charge in [-0.25, -0.2) is 4.39 Å². The summed E-state index contributed by atoms with van der Waals surface area (Å²) in [6.07, 6.45) is -5.16. The number of nitrogens with one attached hydrogen (secondary N) is 2. The van der Waals surface area contributed by atoms with Crippen LogP contribution < -0.4 is 10.6 Å². The molecule has 0 aliphatic rings. The molecule has 8 heteroatoms. The average molecular weight is 312 g/mol. The molecule has 112 valence electrons. The smallest absolute Gasteiger partial charge is 0.356 e. The molecule has 0 bridgehead atoms. The topological polar surface area (TPSA) is 36.4 Å². The summed E-state index contributed by atoms with van der Waals surface area (Å²) < 4.78 is 48.9. The van der Waals surface area contributed by atoms with Gasteiger partial charge in [0.1, 0.15) is 5.82 Å². The van der Waals surface area contributed by atoms with Crippen LogP contribution in [0, 0.1) is 5.82 Å². The van der Waals surface area contributed by atoms with Crippen molar-refractivity contribution in [3.05, 3.63) is 34.6 Å². The molecule has 0 fully saturated rings. The summed E-state index contributed by atoms with van der Waals surface area (Å²) in [5.74, 6) is -0.294. The highest BCUT2D eigenvalue weighted by atomic mass is 35.5. The molecule has 0 aromatic heterocycles. The van der Waals surface area contributed by atoms with E-state index in [1.165, 1.54) is 25.2 Å². The molecule has 0 saturated heterocycles. The number of hydrogen-bond acceptors (Lipinski definition) is 1. The van der Waals surface area contributed by atoms with Gasteiger partial charge in [-0.2, -0.15) is 13.2 Å². The minimum absolute atomic E-state index is 0.00989. The van der Waals surface area contributed by atoms with Crippen molar-refractivity contribution in [1.82, 2.24) is 10.6 Å². The van der Waals surface area contributed by atoms with Gasteiger partial charge >= 0.3 is 6.18 Å². The highest BCUT2D eigenvalue weighted by Gasteiger charge is 2.26. The Morgan fingerprint density at radius 2 is 2.00 bits per heavy atom. The Morgan fingerprint density at radius 3 is 2.55 bits per heavy atom. The van der Waals surface area contributed by atoms with Gasteiger partial charge in [-0.3, -0.25) is 4.99 Å². The summed E-state index contributed by atoms with van der Waals surface area (Å²) in [7, 11) is 1.45. The molecule has 1 aromatic rings. The molecule has 0 radical (unpaired) electrons. The summed E-state index contributed by atoms with van der Waals surface area (Å²) >= 11 is 5.62. The fourth-order valence-corrected chi connectivity index (χ4v) is 1.58. The second kappa shape index (κ2) is 7.33. The maximum Gasteiger partial charge on any atom is 0.390 e. The van der Waals surface area contributed by atoms with Gasteiger partial charge < -0.3 is 10.6 Å². The Kier molecular flexibility index (Phi) is 6.06. The minimum atomic E-state index is -4.21. The molecule has 1 rings (SSSR count). The lowest BCUT2D eigenvalue weighted by molar-refractivity contribution is -0.132. The van der Waals surface area contributed by atoms with Gasteiger partial charge in [0.15, 0.2) is 5.96 Å². The summed E-state index contributed by atoms with van der Waals surface area (Å²) in [6.45, 7) is -0.000954. The maximum absolute atomic E-state index is 12.9. The van der Waals surface area contributed by atoms with E-state index in [1.807, 2.05) is 0 Å². The van der Waals surface area contributed by atoms with Crippen LogP contribution in [0.2, 0.25) is 5.02 Å². The first-order valence-electron chi connectivity index (χ1n) is 5.77. The highest BCUT2D eigenvalue weighted by Crippen LogP contribution is 2.18. The molecule has 0 atom stereocenters. The zero-order chi connectivity index (χ0) is 15.2. The molecule has 3 nitrogen and oxygen atoms in total. The minimum Gasteiger partial charge on any atom is -0.356 e. The summed E-state index contributed by atoms with van der Waals surface area (Å²) in [6, 6.07) is 4.18. The van der Waals surface area contributed by atoms with Crippen molar-refractivity contribution < 1.29 is 17.6 Å². The Morgan fingerprint density at radius 1 is 1.30 bits per heavy atom. The van der Waals surface area contributed by atoms with Crippen LogP contribution in [0.15, 0.2) is 23.2 Å². The predicted octanol–water partition coefficient (Wildman–Crippen LogP) is 3.10. The van der Waals surface area contributed by atoms with Gasteiger partial charge in [0.25, 0.3) is 0 Å². The SMILES string of the molecule is CN=C(NCCC(F)(F)F)NCc1ccc(F)c(Cl)c1.